The summed E-state index contributed by atoms with van der Waals surface area (Å²) >= 11 is 0. The van der Waals surface area contributed by atoms with Crippen molar-refractivity contribution in [1.29, 1.82) is 0 Å². The number of hydrogen-bond donors (Lipinski definition) is 1. The average Bonchev–Trinajstić information content (AvgIpc) is 2.11. The van der Waals surface area contributed by atoms with Crippen molar-refractivity contribution in [3.05, 3.63) is 0 Å². The van der Waals surface area contributed by atoms with Crippen LogP contribution in [0.25, 0.3) is 0 Å². The molecule has 3 nitrogen and oxygen atoms in total. The predicted molar refractivity (Wildman–Crippen MR) is 61.2 cm³/mol. The lowest BCUT2D eigenvalue weighted by Crippen LogP contribution is -2.26. The molecule has 0 radical (unpaired) electrons. The van der Waals surface area contributed by atoms with E-state index in [0.717, 1.165) is 19.4 Å². The molecule has 14 heavy (non-hydrogen) atoms. The van der Waals surface area contributed by atoms with Crippen LogP contribution in [0.2, 0.25) is 0 Å². The summed E-state index contributed by atoms with van der Waals surface area (Å²) in [6.07, 6.45) is 1.70. The molecule has 0 aliphatic rings. The monoisotopic (exact) mass is 221 g/mol. The molecule has 0 aromatic carbocycles. The largest absolute Gasteiger partial charge is 0.320 e. The molecule has 0 spiro atoms. The quantitative estimate of drug-likeness (QED) is 0.662. The molecule has 0 bridgehead atoms. The van der Waals surface area contributed by atoms with Gasteiger partial charge >= 0.3 is 0 Å². The van der Waals surface area contributed by atoms with Gasteiger partial charge in [-0.1, -0.05) is 13.8 Å². The van der Waals surface area contributed by atoms with Crippen molar-refractivity contribution in [3.63, 3.8) is 0 Å². The maximum absolute atomic E-state index is 11.7. The van der Waals surface area contributed by atoms with E-state index in [9.17, 15) is 8.42 Å². The molecular formula is C10H23NO2S. The molecule has 1 unspecified atom stereocenters. The van der Waals surface area contributed by atoms with Crippen molar-refractivity contribution in [3.8, 4) is 0 Å². The summed E-state index contributed by atoms with van der Waals surface area (Å²) < 4.78 is 23.4. The van der Waals surface area contributed by atoms with Crippen molar-refractivity contribution < 1.29 is 8.42 Å². The zero-order valence-electron chi connectivity index (χ0n) is 9.71. The summed E-state index contributed by atoms with van der Waals surface area (Å²) in [4.78, 5) is 0. The van der Waals surface area contributed by atoms with Crippen molar-refractivity contribution >= 4 is 9.84 Å². The lowest BCUT2D eigenvalue weighted by molar-refractivity contribution is 0.542. The van der Waals surface area contributed by atoms with Gasteiger partial charge in [0.2, 0.25) is 0 Å². The third-order valence-corrected chi connectivity index (χ3v) is 5.15. The van der Waals surface area contributed by atoms with Crippen LogP contribution in [0.15, 0.2) is 0 Å². The molecule has 1 N–H and O–H groups in total. The molecule has 0 fully saturated rings. The van der Waals surface area contributed by atoms with E-state index < -0.39 is 9.84 Å². The van der Waals surface area contributed by atoms with E-state index in [4.69, 9.17) is 0 Å². The van der Waals surface area contributed by atoms with Crippen LogP contribution in [0.4, 0.5) is 0 Å². The summed E-state index contributed by atoms with van der Waals surface area (Å²) in [5, 5.41) is 2.80. The fourth-order valence-electron chi connectivity index (χ4n) is 1.21. The number of nitrogens with one attached hydrogen (secondary N) is 1. The molecule has 0 aromatic rings. The minimum Gasteiger partial charge on any atom is -0.320 e. The van der Waals surface area contributed by atoms with E-state index >= 15 is 0 Å². The topological polar surface area (TPSA) is 46.2 Å². The molecule has 0 aliphatic carbocycles. The number of rotatable bonds is 7. The van der Waals surface area contributed by atoms with Crippen LogP contribution in [0.5, 0.6) is 0 Å². The van der Waals surface area contributed by atoms with Gasteiger partial charge in [-0.3, -0.25) is 0 Å². The van der Waals surface area contributed by atoms with E-state index in [0.29, 0.717) is 5.75 Å². The third-order valence-electron chi connectivity index (χ3n) is 2.61. The Labute approximate surface area is 88.2 Å². The second-order valence-electron chi connectivity index (χ2n) is 4.13. The standard InChI is InChI=1S/C10H23NO2S/c1-9(2)10(3)14(12,13)8-6-5-7-11-4/h9-11H,5-8H2,1-4H3. The number of hydrogen-bond acceptors (Lipinski definition) is 3. The summed E-state index contributed by atoms with van der Waals surface area (Å²) in [5.41, 5.74) is 0. The van der Waals surface area contributed by atoms with Crippen molar-refractivity contribution in [2.24, 2.45) is 5.92 Å². The van der Waals surface area contributed by atoms with Gasteiger partial charge in [0.1, 0.15) is 0 Å². The predicted octanol–water partition coefficient (Wildman–Crippen LogP) is 1.45. The second kappa shape index (κ2) is 6.40. The fraction of sp³-hybridized carbons (Fsp3) is 1.00. The summed E-state index contributed by atoms with van der Waals surface area (Å²) in [5.74, 6) is 0.540. The first-order valence-electron chi connectivity index (χ1n) is 5.28. The molecule has 0 saturated carbocycles. The first-order valence-corrected chi connectivity index (χ1v) is 6.99. The van der Waals surface area contributed by atoms with E-state index in [2.05, 4.69) is 5.32 Å². The summed E-state index contributed by atoms with van der Waals surface area (Å²) in [6, 6.07) is 0. The van der Waals surface area contributed by atoms with Gasteiger partial charge in [0.05, 0.1) is 11.0 Å². The van der Waals surface area contributed by atoms with Crippen LogP contribution in [-0.2, 0) is 9.84 Å². The zero-order valence-corrected chi connectivity index (χ0v) is 10.5. The fourth-order valence-corrected chi connectivity index (χ4v) is 3.01. The van der Waals surface area contributed by atoms with Crippen LogP contribution < -0.4 is 5.32 Å². The van der Waals surface area contributed by atoms with Gasteiger partial charge < -0.3 is 5.32 Å². The van der Waals surface area contributed by atoms with Crippen molar-refractivity contribution in [1.82, 2.24) is 5.32 Å². The Morgan fingerprint density at radius 2 is 1.71 bits per heavy atom. The van der Waals surface area contributed by atoms with E-state index in [1.165, 1.54) is 0 Å². The Morgan fingerprint density at radius 1 is 1.14 bits per heavy atom. The van der Waals surface area contributed by atoms with Gasteiger partial charge in [-0.2, -0.15) is 0 Å². The average molecular weight is 221 g/mol. The van der Waals surface area contributed by atoms with Crippen LogP contribution >= 0.6 is 0 Å². The number of unbranched alkanes of at least 4 members (excludes halogenated alkanes) is 1. The first kappa shape index (κ1) is 13.9. The third kappa shape index (κ3) is 4.96. The molecule has 0 aromatic heterocycles. The van der Waals surface area contributed by atoms with Gasteiger partial charge in [-0.25, -0.2) is 8.42 Å². The molecule has 0 amide bonds. The maximum atomic E-state index is 11.7. The van der Waals surface area contributed by atoms with Gasteiger partial charge in [0.15, 0.2) is 9.84 Å². The van der Waals surface area contributed by atoms with Crippen LogP contribution in [0.3, 0.4) is 0 Å². The van der Waals surface area contributed by atoms with Gasteiger partial charge in [-0.05, 0) is 39.3 Å². The molecule has 86 valence electrons. The van der Waals surface area contributed by atoms with Gasteiger partial charge in [0, 0.05) is 0 Å². The smallest absolute Gasteiger partial charge is 0.153 e. The maximum Gasteiger partial charge on any atom is 0.153 e. The Bertz CT molecular complexity index is 235. The number of sulfone groups is 1. The Balaban J connectivity index is 3.96. The lowest BCUT2D eigenvalue weighted by Gasteiger charge is -2.16. The zero-order chi connectivity index (χ0) is 11.2. The first-order chi connectivity index (χ1) is 6.41. The minimum absolute atomic E-state index is 0.211. The van der Waals surface area contributed by atoms with E-state index in [1.54, 1.807) is 6.92 Å². The highest BCUT2D eigenvalue weighted by Crippen LogP contribution is 2.13. The molecule has 0 rings (SSSR count). The Kier molecular flexibility index (Phi) is 6.36. The minimum atomic E-state index is -2.87. The second-order valence-corrected chi connectivity index (χ2v) is 6.60. The SMILES string of the molecule is CNCCCCS(=O)(=O)C(C)C(C)C. The summed E-state index contributed by atoms with van der Waals surface area (Å²) in [6.45, 7) is 6.61. The van der Waals surface area contributed by atoms with Gasteiger partial charge in [0.25, 0.3) is 0 Å². The molecule has 0 saturated heterocycles. The van der Waals surface area contributed by atoms with E-state index in [-0.39, 0.29) is 11.2 Å². The Hall–Kier alpha value is -0.0900. The van der Waals surface area contributed by atoms with Crippen molar-refractivity contribution in [2.45, 2.75) is 38.9 Å². The molecule has 1 atom stereocenters. The van der Waals surface area contributed by atoms with Gasteiger partial charge in [-0.15, -0.1) is 0 Å². The Morgan fingerprint density at radius 3 is 2.14 bits per heavy atom. The van der Waals surface area contributed by atoms with E-state index in [1.807, 2.05) is 20.9 Å². The van der Waals surface area contributed by atoms with Crippen LogP contribution in [0, 0.1) is 5.92 Å². The lowest BCUT2D eigenvalue weighted by atomic mass is 10.2. The highest BCUT2D eigenvalue weighted by atomic mass is 32.2. The van der Waals surface area contributed by atoms with Crippen LogP contribution in [-0.4, -0.2) is 33.0 Å². The normalized spacial score (nSPS) is 14.6. The summed E-state index contributed by atoms with van der Waals surface area (Å²) in [7, 11) is -0.988. The van der Waals surface area contributed by atoms with Crippen molar-refractivity contribution in [2.75, 3.05) is 19.3 Å². The molecule has 0 aliphatic heterocycles. The van der Waals surface area contributed by atoms with Crippen LogP contribution in [0.1, 0.15) is 33.6 Å². The molecule has 4 heteroatoms. The molecular weight excluding hydrogens is 198 g/mol. The highest BCUT2D eigenvalue weighted by molar-refractivity contribution is 7.92. The molecule has 0 heterocycles. The highest BCUT2D eigenvalue weighted by Gasteiger charge is 2.22.